The molecular formula is C11H27Cl2N3O. The van der Waals surface area contributed by atoms with Crippen LogP contribution in [0.3, 0.4) is 0 Å². The van der Waals surface area contributed by atoms with Gasteiger partial charge in [0.05, 0.1) is 6.04 Å². The first kappa shape index (κ1) is 22.2. The molecule has 3 N–H and O–H groups in total. The quantitative estimate of drug-likeness (QED) is 0.774. The Balaban J connectivity index is -0.000000980. The molecule has 2 unspecified atom stereocenters. The first-order valence-electron chi connectivity index (χ1n) is 5.56. The molecule has 17 heavy (non-hydrogen) atoms. The number of hydrogen-bond acceptors (Lipinski definition) is 3. The van der Waals surface area contributed by atoms with Crippen molar-refractivity contribution < 1.29 is 4.79 Å². The lowest BCUT2D eigenvalue weighted by atomic mass is 10.0. The number of carbonyl (C=O) groups is 1. The minimum atomic E-state index is -0.0573. The molecule has 0 aliphatic heterocycles. The van der Waals surface area contributed by atoms with Crippen LogP contribution in [-0.2, 0) is 4.79 Å². The molecule has 2 atom stereocenters. The van der Waals surface area contributed by atoms with Crippen LogP contribution in [-0.4, -0.2) is 43.5 Å². The summed E-state index contributed by atoms with van der Waals surface area (Å²) >= 11 is 0. The molecule has 0 saturated heterocycles. The van der Waals surface area contributed by atoms with Gasteiger partial charge in [0.15, 0.2) is 0 Å². The van der Waals surface area contributed by atoms with Gasteiger partial charge in [-0.05, 0) is 33.4 Å². The fourth-order valence-corrected chi connectivity index (χ4v) is 1.66. The second-order valence-corrected chi connectivity index (χ2v) is 4.71. The first-order chi connectivity index (χ1) is 6.86. The van der Waals surface area contributed by atoms with Crippen LogP contribution in [0.5, 0.6) is 0 Å². The highest BCUT2D eigenvalue weighted by Gasteiger charge is 2.23. The Kier molecular flexibility index (Phi) is 14.5. The maximum Gasteiger partial charge on any atom is 0.237 e. The Morgan fingerprint density at radius 1 is 1.24 bits per heavy atom. The van der Waals surface area contributed by atoms with Crippen LogP contribution in [0.15, 0.2) is 0 Å². The first-order valence-corrected chi connectivity index (χ1v) is 5.56. The van der Waals surface area contributed by atoms with Gasteiger partial charge in [0.2, 0.25) is 5.91 Å². The van der Waals surface area contributed by atoms with Crippen LogP contribution >= 0.6 is 24.8 Å². The van der Waals surface area contributed by atoms with Crippen LogP contribution < -0.4 is 11.1 Å². The summed E-state index contributed by atoms with van der Waals surface area (Å²) in [6.07, 6.45) is 0.823. The van der Waals surface area contributed by atoms with E-state index in [1.807, 2.05) is 25.9 Å². The molecule has 6 heteroatoms. The summed E-state index contributed by atoms with van der Waals surface area (Å²) in [5, 5.41) is 2.92. The van der Waals surface area contributed by atoms with Crippen LogP contribution in [0.1, 0.15) is 27.2 Å². The van der Waals surface area contributed by atoms with Crippen LogP contribution in [0.4, 0.5) is 0 Å². The van der Waals surface area contributed by atoms with Gasteiger partial charge in [0, 0.05) is 12.6 Å². The van der Waals surface area contributed by atoms with Crippen molar-refractivity contribution in [2.24, 2.45) is 11.7 Å². The Morgan fingerprint density at radius 2 is 1.71 bits per heavy atom. The normalized spacial score (nSPS) is 13.6. The van der Waals surface area contributed by atoms with Crippen molar-refractivity contribution >= 4 is 30.7 Å². The van der Waals surface area contributed by atoms with Crippen molar-refractivity contribution in [3.05, 3.63) is 0 Å². The van der Waals surface area contributed by atoms with E-state index in [0.717, 1.165) is 6.42 Å². The van der Waals surface area contributed by atoms with E-state index in [0.29, 0.717) is 12.5 Å². The van der Waals surface area contributed by atoms with E-state index in [-0.39, 0.29) is 42.8 Å². The van der Waals surface area contributed by atoms with E-state index in [4.69, 9.17) is 5.73 Å². The highest BCUT2D eigenvalue weighted by molar-refractivity contribution is 5.85. The minimum absolute atomic E-state index is 0. The minimum Gasteiger partial charge on any atom is -0.355 e. The monoisotopic (exact) mass is 287 g/mol. The fourth-order valence-electron chi connectivity index (χ4n) is 1.66. The van der Waals surface area contributed by atoms with Crippen molar-refractivity contribution in [1.29, 1.82) is 0 Å². The van der Waals surface area contributed by atoms with E-state index >= 15 is 0 Å². The molecule has 1 amide bonds. The summed E-state index contributed by atoms with van der Waals surface area (Å²) in [5.74, 6) is 0.408. The zero-order valence-corrected chi connectivity index (χ0v) is 13.0. The predicted octanol–water partition coefficient (Wildman–Crippen LogP) is 1.27. The smallest absolute Gasteiger partial charge is 0.237 e. The number of nitrogens with zero attached hydrogens (tertiary/aromatic N) is 1. The third-order valence-electron chi connectivity index (χ3n) is 2.36. The molecule has 0 heterocycles. The Labute approximate surface area is 118 Å². The zero-order valence-electron chi connectivity index (χ0n) is 11.4. The molecule has 0 rings (SSSR count). The van der Waals surface area contributed by atoms with Gasteiger partial charge in [-0.2, -0.15) is 0 Å². The van der Waals surface area contributed by atoms with Gasteiger partial charge in [-0.25, -0.2) is 0 Å². The maximum atomic E-state index is 11.8. The highest BCUT2D eigenvalue weighted by Crippen LogP contribution is 2.07. The number of carbonyl (C=O) groups excluding carboxylic acids is 1. The molecule has 0 saturated carbocycles. The van der Waals surface area contributed by atoms with Crippen LogP contribution in [0.25, 0.3) is 0 Å². The van der Waals surface area contributed by atoms with Gasteiger partial charge in [-0.15, -0.1) is 24.8 Å². The fraction of sp³-hybridized carbons (Fsp3) is 0.909. The third kappa shape index (κ3) is 9.65. The number of likely N-dealkylation sites (N-methyl/N-ethyl adjacent to an activating group) is 1. The lowest BCUT2D eigenvalue weighted by Crippen LogP contribution is -2.47. The van der Waals surface area contributed by atoms with E-state index in [1.165, 1.54) is 0 Å². The van der Waals surface area contributed by atoms with Gasteiger partial charge in [-0.3, -0.25) is 9.69 Å². The summed E-state index contributed by atoms with van der Waals surface area (Å²) in [5.41, 5.74) is 5.61. The molecule has 0 aromatic carbocycles. The predicted molar refractivity (Wildman–Crippen MR) is 78.1 cm³/mol. The summed E-state index contributed by atoms with van der Waals surface area (Å²) in [7, 11) is 3.85. The molecule has 0 bridgehead atoms. The van der Waals surface area contributed by atoms with Crippen molar-refractivity contribution in [2.45, 2.75) is 39.3 Å². The second-order valence-electron chi connectivity index (χ2n) is 4.71. The summed E-state index contributed by atoms with van der Waals surface area (Å²) in [4.78, 5) is 13.8. The molecule has 0 aliphatic carbocycles. The number of hydrogen-bond donors (Lipinski definition) is 2. The number of nitrogens with two attached hydrogens (primary N) is 1. The maximum absolute atomic E-state index is 11.8. The Bertz CT molecular complexity index is 191. The molecule has 0 aliphatic rings. The molecule has 4 nitrogen and oxygen atoms in total. The van der Waals surface area contributed by atoms with Crippen molar-refractivity contribution in [3.63, 3.8) is 0 Å². The van der Waals surface area contributed by atoms with E-state index in [1.54, 1.807) is 0 Å². The number of rotatable bonds is 6. The Hall–Kier alpha value is -0.0300. The standard InChI is InChI=1S/C11H25N3O.2ClH/c1-8(2)10(14(4)5)11(15)13-7-6-9(3)12;;/h8-10H,6-7,12H2,1-5H3,(H,13,15);2*1H. The molecule has 0 fully saturated rings. The molecule has 0 spiro atoms. The van der Waals surface area contributed by atoms with Crippen molar-refractivity contribution in [2.75, 3.05) is 20.6 Å². The average molecular weight is 288 g/mol. The molecule has 106 valence electrons. The van der Waals surface area contributed by atoms with Crippen LogP contribution in [0, 0.1) is 5.92 Å². The zero-order chi connectivity index (χ0) is 12.0. The van der Waals surface area contributed by atoms with E-state index < -0.39 is 0 Å². The van der Waals surface area contributed by atoms with Gasteiger partial charge < -0.3 is 11.1 Å². The molecule has 0 aromatic rings. The van der Waals surface area contributed by atoms with E-state index in [9.17, 15) is 4.79 Å². The van der Waals surface area contributed by atoms with Gasteiger partial charge in [-0.1, -0.05) is 13.8 Å². The van der Waals surface area contributed by atoms with Gasteiger partial charge in [0.25, 0.3) is 0 Å². The lowest BCUT2D eigenvalue weighted by Gasteiger charge is -2.26. The highest BCUT2D eigenvalue weighted by atomic mass is 35.5. The Morgan fingerprint density at radius 3 is 2.00 bits per heavy atom. The van der Waals surface area contributed by atoms with E-state index in [2.05, 4.69) is 19.2 Å². The summed E-state index contributed by atoms with van der Waals surface area (Å²) < 4.78 is 0. The number of amides is 1. The summed E-state index contributed by atoms with van der Waals surface area (Å²) in [6.45, 7) is 6.71. The van der Waals surface area contributed by atoms with Crippen molar-refractivity contribution in [1.82, 2.24) is 10.2 Å². The van der Waals surface area contributed by atoms with Crippen LogP contribution in [0.2, 0.25) is 0 Å². The number of halogens is 2. The van der Waals surface area contributed by atoms with Gasteiger partial charge >= 0.3 is 0 Å². The molecule has 0 radical (unpaired) electrons. The molecular weight excluding hydrogens is 261 g/mol. The SMILES string of the molecule is CC(N)CCNC(=O)C(C(C)C)N(C)C.Cl.Cl. The van der Waals surface area contributed by atoms with Gasteiger partial charge in [0.1, 0.15) is 0 Å². The number of nitrogens with one attached hydrogen (secondary N) is 1. The average Bonchev–Trinajstić information content (AvgIpc) is 2.01. The largest absolute Gasteiger partial charge is 0.355 e. The topological polar surface area (TPSA) is 58.4 Å². The molecule has 0 aromatic heterocycles. The second kappa shape index (κ2) is 11.1. The summed E-state index contributed by atoms with van der Waals surface area (Å²) in [6, 6.07) is 0.0836. The third-order valence-corrected chi connectivity index (χ3v) is 2.36. The lowest BCUT2D eigenvalue weighted by molar-refractivity contribution is -0.126. The van der Waals surface area contributed by atoms with Crippen molar-refractivity contribution in [3.8, 4) is 0 Å².